The van der Waals surface area contributed by atoms with Crippen molar-refractivity contribution in [2.24, 2.45) is 11.8 Å². The minimum atomic E-state index is -2.88. The highest BCUT2D eigenvalue weighted by atomic mass is 16.4. The number of likely N-dealkylation sites (N-methyl/N-ethyl adjacent to an activating group) is 1. The molecule has 2 fully saturated rings. The van der Waals surface area contributed by atoms with E-state index in [1.807, 2.05) is 6.92 Å². The molecule has 39 heavy (non-hydrogen) atoms. The van der Waals surface area contributed by atoms with Crippen LogP contribution in [0.1, 0.15) is 56.6 Å². The van der Waals surface area contributed by atoms with E-state index in [1.54, 1.807) is 6.07 Å². The smallest absolute Gasteiger partial charge is 0.258 e. The van der Waals surface area contributed by atoms with Gasteiger partial charge in [0, 0.05) is 23.5 Å². The molecule has 10 heteroatoms. The highest BCUT2D eigenvalue weighted by molar-refractivity contribution is 6.25. The Balaban J connectivity index is 1.67. The minimum absolute atomic E-state index is 0.0500. The van der Waals surface area contributed by atoms with E-state index in [0.29, 0.717) is 24.8 Å². The highest BCUT2D eigenvalue weighted by Crippen LogP contribution is 2.53. The van der Waals surface area contributed by atoms with Crippen LogP contribution in [-0.2, 0) is 14.4 Å². The van der Waals surface area contributed by atoms with E-state index in [0.717, 1.165) is 19.3 Å². The van der Waals surface area contributed by atoms with Crippen LogP contribution in [-0.4, -0.2) is 85.3 Å². The first kappa shape index (κ1) is 27.4. The Bertz CT molecular complexity index is 1310. The molecule has 0 heterocycles. The number of nitrogens with zero attached hydrogens (tertiary/aromatic N) is 1. The number of aliphatic hydroxyl groups excluding tert-OH is 3. The molecule has 209 valence electrons. The molecule has 1 aromatic rings. The fraction of sp³-hybridized carbons (Fsp3) is 0.517. The molecule has 1 radical (unpaired) electrons. The lowest BCUT2D eigenvalue weighted by Crippen LogP contribution is -2.70. The lowest BCUT2D eigenvalue weighted by atomic mass is 9.56. The van der Waals surface area contributed by atoms with Crippen LogP contribution in [0.25, 0.3) is 5.76 Å². The summed E-state index contributed by atoms with van der Waals surface area (Å²) in [4.78, 5) is 42.9. The number of ketones is 2. The summed E-state index contributed by atoms with van der Waals surface area (Å²) in [5.41, 5.74) is -4.29. The van der Waals surface area contributed by atoms with Crippen molar-refractivity contribution in [3.05, 3.63) is 52.7 Å². The molecule has 0 saturated heterocycles. The molecule has 4 aliphatic rings. The maximum absolute atomic E-state index is 14.0. The molecule has 0 aromatic heterocycles. The summed E-state index contributed by atoms with van der Waals surface area (Å²) in [5.74, 6) is -7.63. The number of hydrogen-bond acceptors (Lipinski definition) is 9. The first-order valence-corrected chi connectivity index (χ1v) is 13.4. The average Bonchev–Trinajstić information content (AvgIpc) is 2.89. The molecule has 0 unspecified atom stereocenters. The van der Waals surface area contributed by atoms with Crippen molar-refractivity contribution in [1.29, 1.82) is 0 Å². The maximum atomic E-state index is 14.0. The van der Waals surface area contributed by atoms with Crippen LogP contribution in [0.3, 0.4) is 0 Å². The normalized spacial score (nSPS) is 32.1. The molecular formula is C29H35N2O8. The third-order valence-corrected chi connectivity index (χ3v) is 9.17. The number of benzene rings is 1. The Morgan fingerprint density at radius 2 is 1.77 bits per heavy atom. The highest BCUT2D eigenvalue weighted by Gasteiger charge is 2.67. The second kappa shape index (κ2) is 9.46. The lowest BCUT2D eigenvalue weighted by molar-refractivity contribution is -0.167. The van der Waals surface area contributed by atoms with Crippen LogP contribution < -0.4 is 5.32 Å². The number of nitrogens with one attached hydrogen (secondary N) is 1. The summed E-state index contributed by atoms with van der Waals surface area (Å²) < 4.78 is 0. The largest absolute Gasteiger partial charge is 0.508 e. The number of aromatic hydroxyl groups is 1. The first-order valence-electron chi connectivity index (χ1n) is 13.4. The van der Waals surface area contributed by atoms with E-state index >= 15 is 0 Å². The Hall–Kier alpha value is -3.21. The fourth-order valence-electron chi connectivity index (χ4n) is 7.05. The summed E-state index contributed by atoms with van der Waals surface area (Å²) in [6.07, 6.45) is 4.68. The number of aliphatic hydroxyl groups is 4. The van der Waals surface area contributed by atoms with E-state index in [9.17, 15) is 39.9 Å². The maximum Gasteiger partial charge on any atom is 0.258 e. The Morgan fingerprint density at radius 3 is 2.38 bits per heavy atom. The summed E-state index contributed by atoms with van der Waals surface area (Å²) in [7, 11) is 3.04. The minimum Gasteiger partial charge on any atom is -0.508 e. The van der Waals surface area contributed by atoms with Gasteiger partial charge in [-0.25, -0.2) is 0 Å². The number of fused-ring (bicyclic) bond motifs is 3. The number of amides is 1. The molecule has 1 amide bonds. The monoisotopic (exact) mass is 539 g/mol. The van der Waals surface area contributed by atoms with Crippen LogP contribution in [0.2, 0.25) is 0 Å². The Kier molecular flexibility index (Phi) is 6.64. The van der Waals surface area contributed by atoms with Crippen LogP contribution in [0.5, 0.6) is 5.75 Å². The van der Waals surface area contributed by atoms with E-state index < -0.39 is 75.3 Å². The van der Waals surface area contributed by atoms with Crippen molar-refractivity contribution < 1.29 is 39.9 Å². The summed E-state index contributed by atoms with van der Waals surface area (Å²) in [6.45, 7) is 1.93. The molecule has 4 aliphatic carbocycles. The van der Waals surface area contributed by atoms with Gasteiger partial charge in [0.1, 0.15) is 22.8 Å². The van der Waals surface area contributed by atoms with Gasteiger partial charge in [-0.3, -0.25) is 19.3 Å². The van der Waals surface area contributed by atoms with Crippen molar-refractivity contribution >= 4 is 23.2 Å². The molecule has 6 N–H and O–H groups in total. The SMILES string of the molecule is CCC1(NC(=O)C2=C(O)[C@]3(O)C(=O)C4=C(O)c5c(O)cccc5[CH][C@@H]4[C@@H](O)[C@@H]3[C@@H](N(C)C)C2=O)CCCCC1. The zero-order chi connectivity index (χ0) is 28.4. The van der Waals surface area contributed by atoms with Crippen molar-refractivity contribution in [1.82, 2.24) is 10.2 Å². The van der Waals surface area contributed by atoms with Crippen molar-refractivity contribution in [2.45, 2.75) is 68.7 Å². The summed E-state index contributed by atoms with van der Waals surface area (Å²) >= 11 is 0. The topological polar surface area (TPSA) is 168 Å². The number of carbonyl (C=O) groups excluding carboxylic acids is 3. The van der Waals surface area contributed by atoms with Gasteiger partial charge in [0.15, 0.2) is 11.4 Å². The molecule has 2 saturated carbocycles. The second-order valence-electron chi connectivity index (χ2n) is 11.5. The molecule has 5 rings (SSSR count). The zero-order valence-electron chi connectivity index (χ0n) is 22.3. The number of rotatable bonds is 4. The molecule has 0 aliphatic heterocycles. The summed E-state index contributed by atoms with van der Waals surface area (Å²) in [5, 5.41) is 59.3. The van der Waals surface area contributed by atoms with Gasteiger partial charge in [-0.2, -0.15) is 0 Å². The molecular weight excluding hydrogens is 504 g/mol. The molecule has 0 bridgehead atoms. The van der Waals surface area contributed by atoms with Crippen LogP contribution in [0, 0.1) is 18.3 Å². The number of phenols is 1. The molecule has 5 atom stereocenters. The standard InChI is InChI=1S/C29H35N2O8/c1-4-28(11-6-5-7-12-28)30-27(38)19-24(35)21(31(2)3)20-22(33)15-13-14-9-8-10-16(32)17(14)23(34)18(15)25(36)29(20,39)26(19)37/h8-10,13,15,20-22,32-34,37,39H,4-7,11-12H2,1-3H3,(H,30,38)/t15-,20-,21+,22+,29+/m0/s1. The third kappa shape index (κ3) is 3.83. The van der Waals surface area contributed by atoms with Crippen molar-refractivity contribution in [3.63, 3.8) is 0 Å². The molecule has 10 nitrogen and oxygen atoms in total. The van der Waals surface area contributed by atoms with Crippen LogP contribution in [0.4, 0.5) is 0 Å². The van der Waals surface area contributed by atoms with Crippen molar-refractivity contribution in [2.75, 3.05) is 14.1 Å². The van der Waals surface area contributed by atoms with Gasteiger partial charge >= 0.3 is 0 Å². The van der Waals surface area contributed by atoms with E-state index in [2.05, 4.69) is 5.32 Å². The van der Waals surface area contributed by atoms with E-state index in [1.165, 1.54) is 37.5 Å². The predicted molar refractivity (Wildman–Crippen MR) is 140 cm³/mol. The molecule has 0 spiro atoms. The van der Waals surface area contributed by atoms with Gasteiger partial charge in [-0.05, 0) is 45.0 Å². The number of phenolic OH excluding ortho intramolecular Hbond substituents is 1. The number of carbonyl (C=O) groups is 3. The first-order chi connectivity index (χ1) is 18.4. The second-order valence-corrected chi connectivity index (χ2v) is 11.5. The van der Waals surface area contributed by atoms with Gasteiger partial charge in [0.2, 0.25) is 5.78 Å². The van der Waals surface area contributed by atoms with Crippen LogP contribution in [0.15, 0.2) is 35.1 Å². The van der Waals surface area contributed by atoms with Gasteiger partial charge in [0.25, 0.3) is 5.91 Å². The fourth-order valence-corrected chi connectivity index (χ4v) is 7.05. The summed E-state index contributed by atoms with van der Waals surface area (Å²) in [6, 6.07) is 3.11. The Labute approximate surface area is 226 Å². The lowest BCUT2D eigenvalue weighted by Gasteiger charge is -2.52. The van der Waals surface area contributed by atoms with E-state index in [4.69, 9.17) is 0 Å². The van der Waals surface area contributed by atoms with Gasteiger partial charge in [-0.1, -0.05) is 38.3 Å². The Morgan fingerprint density at radius 1 is 1.10 bits per heavy atom. The van der Waals surface area contributed by atoms with E-state index in [-0.39, 0.29) is 11.3 Å². The molecule has 1 aromatic carbocycles. The number of hydrogen-bond donors (Lipinski definition) is 6. The van der Waals surface area contributed by atoms with Gasteiger partial charge in [-0.15, -0.1) is 0 Å². The van der Waals surface area contributed by atoms with Crippen LogP contribution >= 0.6 is 0 Å². The average molecular weight is 540 g/mol. The quantitative estimate of drug-likeness (QED) is 0.312. The van der Waals surface area contributed by atoms with Gasteiger partial charge < -0.3 is 30.8 Å². The zero-order valence-corrected chi connectivity index (χ0v) is 22.3. The third-order valence-electron chi connectivity index (χ3n) is 9.17. The van der Waals surface area contributed by atoms with Crippen molar-refractivity contribution in [3.8, 4) is 5.75 Å². The number of Topliss-reactive ketones (excluding diaryl/α,β-unsaturated/α-hetero) is 2. The van der Waals surface area contributed by atoms with Gasteiger partial charge in [0.05, 0.1) is 23.6 Å². The predicted octanol–water partition coefficient (Wildman–Crippen LogP) is 1.69.